The largest absolute Gasteiger partial charge is 0.494 e. The van der Waals surface area contributed by atoms with Gasteiger partial charge >= 0.3 is 6.03 Å². The van der Waals surface area contributed by atoms with E-state index in [1.807, 2.05) is 42.5 Å². The van der Waals surface area contributed by atoms with E-state index in [-0.39, 0.29) is 12.4 Å². The molecule has 2 aromatic heterocycles. The Morgan fingerprint density at radius 3 is 2.51 bits per heavy atom. The lowest BCUT2D eigenvalue weighted by molar-refractivity contribution is -0.124. The molecule has 0 aliphatic carbocycles. The first kappa shape index (κ1) is 20.9. The molecule has 0 radical (unpaired) electrons. The number of pyridine rings is 1. The number of aromatic hydroxyl groups is 1. The molecule has 35 heavy (non-hydrogen) atoms. The lowest BCUT2D eigenvalue weighted by Crippen LogP contribution is -2.47. The van der Waals surface area contributed by atoms with E-state index in [9.17, 15) is 19.1 Å². The SMILES string of the molecule is O=C1NC(=O)[C@@](Cn2cc3ccc(F)cc3c2O)(c2ccc(-c3ccc4ncccc4c3)cc2)N1. The van der Waals surface area contributed by atoms with Crippen LogP contribution in [0.25, 0.3) is 32.8 Å². The maximum absolute atomic E-state index is 13.7. The number of benzene rings is 3. The molecule has 172 valence electrons. The Balaban J connectivity index is 1.40. The summed E-state index contributed by atoms with van der Waals surface area (Å²) in [6.45, 7) is -0.0757. The van der Waals surface area contributed by atoms with E-state index in [0.717, 1.165) is 22.0 Å². The Kier molecular flexibility index (Phi) is 4.57. The van der Waals surface area contributed by atoms with Crippen LogP contribution in [0.15, 0.2) is 85.2 Å². The van der Waals surface area contributed by atoms with Crippen LogP contribution in [0.4, 0.5) is 9.18 Å². The average Bonchev–Trinajstić information content (AvgIpc) is 3.33. The van der Waals surface area contributed by atoms with Gasteiger partial charge in [-0.15, -0.1) is 0 Å². The first-order valence-electron chi connectivity index (χ1n) is 11.0. The molecule has 1 fully saturated rings. The number of aromatic nitrogens is 2. The fourth-order valence-corrected chi connectivity index (χ4v) is 4.69. The molecular weight excluding hydrogens is 447 g/mol. The number of fused-ring (bicyclic) bond motifs is 2. The highest BCUT2D eigenvalue weighted by atomic mass is 19.1. The minimum absolute atomic E-state index is 0.0757. The van der Waals surface area contributed by atoms with Crippen LogP contribution in [0.2, 0.25) is 0 Å². The van der Waals surface area contributed by atoms with E-state index in [2.05, 4.69) is 15.6 Å². The molecule has 1 saturated heterocycles. The Hall–Kier alpha value is -4.72. The topological polar surface area (TPSA) is 96.2 Å². The van der Waals surface area contributed by atoms with Gasteiger partial charge < -0.3 is 15.0 Å². The van der Waals surface area contributed by atoms with Crippen molar-refractivity contribution in [2.75, 3.05) is 0 Å². The first-order chi connectivity index (χ1) is 16.9. The van der Waals surface area contributed by atoms with Gasteiger partial charge in [0, 0.05) is 28.6 Å². The monoisotopic (exact) mass is 466 g/mol. The molecule has 0 bridgehead atoms. The second-order valence-corrected chi connectivity index (χ2v) is 8.61. The van der Waals surface area contributed by atoms with Crippen LogP contribution in [-0.2, 0) is 16.9 Å². The fraction of sp³-hybridized carbons (Fsp3) is 0.0741. The van der Waals surface area contributed by atoms with Gasteiger partial charge in [-0.1, -0.05) is 36.4 Å². The molecule has 6 rings (SSSR count). The number of carbonyl (C=O) groups is 2. The van der Waals surface area contributed by atoms with Crippen LogP contribution in [0.1, 0.15) is 5.56 Å². The molecule has 1 atom stereocenters. The molecule has 3 amide bonds. The van der Waals surface area contributed by atoms with E-state index in [1.165, 1.54) is 16.7 Å². The summed E-state index contributed by atoms with van der Waals surface area (Å²) in [5, 5.41) is 17.7. The molecule has 1 aliphatic heterocycles. The molecule has 0 unspecified atom stereocenters. The number of hydrogen-bond acceptors (Lipinski definition) is 4. The van der Waals surface area contributed by atoms with Gasteiger partial charge in [0.1, 0.15) is 5.82 Å². The molecule has 3 heterocycles. The van der Waals surface area contributed by atoms with Gasteiger partial charge in [-0.05, 0) is 53.1 Å². The molecular formula is C27H19FN4O3. The van der Waals surface area contributed by atoms with Crippen LogP contribution >= 0.6 is 0 Å². The molecule has 7 nitrogen and oxygen atoms in total. The van der Waals surface area contributed by atoms with Crippen molar-refractivity contribution in [2.45, 2.75) is 12.1 Å². The summed E-state index contributed by atoms with van der Waals surface area (Å²) in [5.41, 5.74) is 1.92. The zero-order chi connectivity index (χ0) is 24.2. The predicted molar refractivity (Wildman–Crippen MR) is 129 cm³/mol. The number of hydrogen-bond donors (Lipinski definition) is 3. The van der Waals surface area contributed by atoms with Gasteiger partial charge in [-0.3, -0.25) is 15.1 Å². The highest BCUT2D eigenvalue weighted by molar-refractivity contribution is 6.07. The molecule has 8 heteroatoms. The van der Waals surface area contributed by atoms with Crippen molar-refractivity contribution in [1.82, 2.24) is 20.2 Å². The maximum Gasteiger partial charge on any atom is 0.322 e. The van der Waals surface area contributed by atoms with Gasteiger partial charge in [-0.2, -0.15) is 0 Å². The molecule has 3 N–H and O–H groups in total. The molecule has 0 saturated carbocycles. The quantitative estimate of drug-likeness (QED) is 0.341. The predicted octanol–water partition coefficient (Wildman–Crippen LogP) is 4.44. The number of halogens is 1. The Labute approximate surface area is 198 Å². The van der Waals surface area contributed by atoms with E-state index in [0.29, 0.717) is 16.3 Å². The van der Waals surface area contributed by atoms with Crippen LogP contribution in [-0.4, -0.2) is 26.6 Å². The number of nitrogens with zero attached hydrogens (tertiary/aromatic N) is 2. The second-order valence-electron chi connectivity index (χ2n) is 8.61. The Morgan fingerprint density at radius 1 is 0.943 bits per heavy atom. The third-order valence-corrected chi connectivity index (χ3v) is 6.49. The lowest BCUT2D eigenvalue weighted by Gasteiger charge is -2.27. The molecule has 3 aromatic carbocycles. The van der Waals surface area contributed by atoms with Gasteiger partial charge in [-0.25, -0.2) is 9.18 Å². The van der Waals surface area contributed by atoms with Crippen molar-refractivity contribution in [3.8, 4) is 17.0 Å². The standard InChI is InChI=1S/C27H19FN4O3/c28-21-9-5-19-14-32(24(33)22(19)13-21)15-27(25(34)30-26(35)31-27)20-7-3-16(4-8-20)17-6-10-23-18(12-17)2-1-11-29-23/h1-14,33H,15H2,(H2,30,31,34,35)/t27-/m1/s1. The van der Waals surface area contributed by atoms with Crippen molar-refractivity contribution >= 4 is 33.6 Å². The Bertz CT molecular complexity index is 1640. The van der Waals surface area contributed by atoms with Gasteiger partial charge in [0.05, 0.1) is 12.1 Å². The zero-order valence-corrected chi connectivity index (χ0v) is 18.3. The number of carbonyl (C=O) groups excluding carboxylic acids is 2. The number of nitrogens with one attached hydrogen (secondary N) is 2. The summed E-state index contributed by atoms with van der Waals surface area (Å²) in [6.07, 6.45) is 3.38. The van der Waals surface area contributed by atoms with E-state index in [4.69, 9.17) is 0 Å². The van der Waals surface area contributed by atoms with Crippen LogP contribution in [0.3, 0.4) is 0 Å². The summed E-state index contributed by atoms with van der Waals surface area (Å²) in [7, 11) is 0. The summed E-state index contributed by atoms with van der Waals surface area (Å²) >= 11 is 0. The number of urea groups is 1. The van der Waals surface area contributed by atoms with Gasteiger partial charge in [0.25, 0.3) is 5.91 Å². The highest BCUT2D eigenvalue weighted by Gasteiger charge is 2.48. The van der Waals surface area contributed by atoms with Crippen LogP contribution in [0, 0.1) is 5.82 Å². The summed E-state index contributed by atoms with van der Waals surface area (Å²) in [4.78, 5) is 29.6. The average molecular weight is 466 g/mol. The molecule has 0 spiro atoms. The summed E-state index contributed by atoms with van der Waals surface area (Å²) < 4.78 is 15.1. The minimum Gasteiger partial charge on any atom is -0.494 e. The smallest absolute Gasteiger partial charge is 0.322 e. The van der Waals surface area contributed by atoms with Gasteiger partial charge in [0.15, 0.2) is 11.4 Å². The second kappa shape index (κ2) is 7.66. The van der Waals surface area contributed by atoms with E-state index in [1.54, 1.807) is 30.6 Å². The number of rotatable bonds is 4. The van der Waals surface area contributed by atoms with Crippen molar-refractivity contribution in [3.63, 3.8) is 0 Å². The van der Waals surface area contributed by atoms with Crippen molar-refractivity contribution in [2.24, 2.45) is 0 Å². The highest BCUT2D eigenvalue weighted by Crippen LogP contribution is 2.34. The van der Waals surface area contributed by atoms with Crippen LogP contribution in [0.5, 0.6) is 5.88 Å². The minimum atomic E-state index is -1.45. The third-order valence-electron chi connectivity index (χ3n) is 6.49. The summed E-state index contributed by atoms with van der Waals surface area (Å²) in [6, 6.07) is 20.6. The summed E-state index contributed by atoms with van der Waals surface area (Å²) in [5.74, 6) is -1.20. The van der Waals surface area contributed by atoms with E-state index >= 15 is 0 Å². The van der Waals surface area contributed by atoms with Crippen molar-refractivity contribution in [3.05, 3.63) is 96.6 Å². The fourth-order valence-electron chi connectivity index (χ4n) is 4.69. The number of amides is 3. The molecule has 5 aromatic rings. The number of imide groups is 1. The third kappa shape index (κ3) is 3.38. The zero-order valence-electron chi connectivity index (χ0n) is 18.3. The van der Waals surface area contributed by atoms with Crippen molar-refractivity contribution in [1.29, 1.82) is 0 Å². The Morgan fingerprint density at radius 2 is 1.74 bits per heavy atom. The first-order valence-corrected chi connectivity index (χ1v) is 11.0. The normalized spacial score (nSPS) is 17.6. The van der Waals surface area contributed by atoms with Gasteiger partial charge in [0.2, 0.25) is 0 Å². The van der Waals surface area contributed by atoms with E-state index < -0.39 is 23.3 Å². The maximum atomic E-state index is 13.7. The lowest BCUT2D eigenvalue weighted by atomic mass is 9.88. The van der Waals surface area contributed by atoms with Crippen LogP contribution < -0.4 is 10.6 Å². The van der Waals surface area contributed by atoms with Crippen molar-refractivity contribution < 1.29 is 19.1 Å². The molecule has 1 aliphatic rings.